The highest BCUT2D eigenvalue weighted by Crippen LogP contribution is 2.27. The van der Waals surface area contributed by atoms with E-state index in [1.165, 1.54) is 0 Å². The molecular weight excluding hydrogens is 302 g/mol. The van der Waals surface area contributed by atoms with E-state index in [0.717, 1.165) is 22.6 Å². The number of morpholine rings is 1. The minimum atomic E-state index is -0.0548. The highest BCUT2D eigenvalue weighted by Gasteiger charge is 2.26. The fraction of sp³-hybridized carbons (Fsp3) is 0.385. The first-order valence-electron chi connectivity index (χ1n) is 6.93. The number of hydrogen-bond donors (Lipinski definition) is 1. The Morgan fingerprint density at radius 1 is 1.41 bits per heavy atom. The van der Waals surface area contributed by atoms with Crippen molar-refractivity contribution in [3.8, 4) is 0 Å². The fourth-order valence-corrected chi connectivity index (χ4v) is 3.22. The zero-order valence-electron chi connectivity index (χ0n) is 12.0. The molecule has 3 aromatic heterocycles. The van der Waals surface area contributed by atoms with Crippen LogP contribution in [0.2, 0.25) is 0 Å². The van der Waals surface area contributed by atoms with E-state index in [2.05, 4.69) is 25.0 Å². The van der Waals surface area contributed by atoms with Crippen molar-refractivity contribution in [1.29, 1.82) is 0 Å². The smallest absolute Gasteiger partial charge is 0.229 e. The molecule has 8 nitrogen and oxygen atoms in total. The summed E-state index contributed by atoms with van der Waals surface area (Å²) in [5.41, 5.74) is 6.77. The maximum absolute atomic E-state index is 6.03. The molecule has 0 amide bonds. The number of aromatic nitrogens is 5. The fourth-order valence-electron chi connectivity index (χ4n) is 2.55. The summed E-state index contributed by atoms with van der Waals surface area (Å²) in [6, 6.07) is 0. The first-order valence-corrected chi connectivity index (χ1v) is 7.81. The van der Waals surface area contributed by atoms with Crippen molar-refractivity contribution in [3.63, 3.8) is 0 Å². The van der Waals surface area contributed by atoms with E-state index in [-0.39, 0.29) is 6.10 Å². The lowest BCUT2D eigenvalue weighted by Gasteiger charge is -2.32. The van der Waals surface area contributed by atoms with Gasteiger partial charge in [-0.05, 0) is 0 Å². The molecule has 2 N–H and O–H groups in total. The van der Waals surface area contributed by atoms with E-state index in [1.54, 1.807) is 28.4 Å². The summed E-state index contributed by atoms with van der Waals surface area (Å²) in [5, 5.41) is 7.88. The second-order valence-electron chi connectivity index (χ2n) is 5.09. The van der Waals surface area contributed by atoms with Gasteiger partial charge in [-0.15, -0.1) is 11.3 Å². The number of hydrogen-bond acceptors (Lipinski definition) is 8. The molecule has 4 rings (SSSR count). The number of aryl methyl sites for hydroxylation is 1. The lowest BCUT2D eigenvalue weighted by molar-refractivity contribution is 0.0391. The minimum Gasteiger partial charge on any atom is -0.383 e. The van der Waals surface area contributed by atoms with Crippen LogP contribution in [0.5, 0.6) is 0 Å². The molecule has 9 heteroatoms. The van der Waals surface area contributed by atoms with E-state index < -0.39 is 0 Å². The third kappa shape index (κ3) is 2.18. The number of nitrogens with zero attached hydrogens (tertiary/aromatic N) is 6. The van der Waals surface area contributed by atoms with Gasteiger partial charge in [0, 0.05) is 25.2 Å². The average Bonchev–Trinajstić information content (AvgIpc) is 3.18. The molecule has 4 heterocycles. The lowest BCUT2D eigenvalue weighted by Crippen LogP contribution is -2.39. The Labute approximate surface area is 130 Å². The summed E-state index contributed by atoms with van der Waals surface area (Å²) in [7, 11) is 1.84. The van der Waals surface area contributed by atoms with Crippen molar-refractivity contribution in [2.45, 2.75) is 6.10 Å². The number of rotatable bonds is 2. The Bertz CT molecular complexity index is 800. The third-order valence-electron chi connectivity index (χ3n) is 3.69. The first-order chi connectivity index (χ1) is 10.7. The van der Waals surface area contributed by atoms with Gasteiger partial charge >= 0.3 is 0 Å². The molecule has 1 atom stereocenters. The average molecular weight is 317 g/mol. The quantitative estimate of drug-likeness (QED) is 0.752. The standard InChI is InChI=1S/C13H15N7OS/c1-19-11-8(6-16-19)10(14)17-13(18-11)20-3-4-21-9(7-20)12-15-2-5-22-12/h2,5-6,9H,3-4,7H2,1H3,(H2,14,17,18)/t9-/m1/s1. The molecule has 1 aliphatic rings. The molecular formula is C13H15N7OS. The molecule has 22 heavy (non-hydrogen) atoms. The van der Waals surface area contributed by atoms with Crippen LogP contribution < -0.4 is 10.6 Å². The number of nitrogen functional groups attached to an aromatic ring is 1. The Morgan fingerprint density at radius 2 is 2.32 bits per heavy atom. The van der Waals surface area contributed by atoms with Gasteiger partial charge in [0.15, 0.2) is 5.65 Å². The molecule has 0 saturated carbocycles. The Hall–Kier alpha value is -2.26. The minimum absolute atomic E-state index is 0.0548. The van der Waals surface area contributed by atoms with Crippen molar-refractivity contribution in [3.05, 3.63) is 22.8 Å². The van der Waals surface area contributed by atoms with E-state index >= 15 is 0 Å². The number of fused-ring (bicyclic) bond motifs is 1. The summed E-state index contributed by atoms with van der Waals surface area (Å²) < 4.78 is 7.51. The second-order valence-corrected chi connectivity index (χ2v) is 6.02. The van der Waals surface area contributed by atoms with E-state index in [0.29, 0.717) is 24.9 Å². The van der Waals surface area contributed by atoms with Crippen LogP contribution in [0.15, 0.2) is 17.8 Å². The van der Waals surface area contributed by atoms with Gasteiger partial charge < -0.3 is 15.4 Å². The van der Waals surface area contributed by atoms with Crippen LogP contribution in [0.1, 0.15) is 11.1 Å². The van der Waals surface area contributed by atoms with E-state index in [1.807, 2.05) is 12.4 Å². The largest absolute Gasteiger partial charge is 0.383 e. The molecule has 0 aliphatic carbocycles. The van der Waals surface area contributed by atoms with Crippen LogP contribution in [0, 0.1) is 0 Å². The SMILES string of the molecule is Cn1ncc2c(N)nc(N3CCO[C@@H](c4nccs4)C3)nc21. The number of ether oxygens (including phenoxy) is 1. The summed E-state index contributed by atoms with van der Waals surface area (Å²) in [6.07, 6.45) is 3.42. The molecule has 0 unspecified atom stereocenters. The zero-order valence-corrected chi connectivity index (χ0v) is 12.8. The van der Waals surface area contributed by atoms with Crippen LogP contribution >= 0.6 is 11.3 Å². The van der Waals surface area contributed by atoms with Gasteiger partial charge in [-0.3, -0.25) is 4.68 Å². The molecule has 0 spiro atoms. The molecule has 1 aliphatic heterocycles. The van der Waals surface area contributed by atoms with Gasteiger partial charge in [0.25, 0.3) is 0 Å². The van der Waals surface area contributed by atoms with Crippen LogP contribution in [0.4, 0.5) is 11.8 Å². The molecule has 3 aromatic rings. The number of anilines is 2. The van der Waals surface area contributed by atoms with Crippen molar-refractivity contribution >= 4 is 34.1 Å². The van der Waals surface area contributed by atoms with Crippen molar-refractivity contribution in [2.75, 3.05) is 30.3 Å². The maximum Gasteiger partial charge on any atom is 0.229 e. The van der Waals surface area contributed by atoms with E-state index in [4.69, 9.17) is 10.5 Å². The van der Waals surface area contributed by atoms with Crippen molar-refractivity contribution < 1.29 is 4.74 Å². The van der Waals surface area contributed by atoms with Gasteiger partial charge in [0.05, 0.1) is 24.7 Å². The predicted molar refractivity (Wildman–Crippen MR) is 83.7 cm³/mol. The second kappa shape index (κ2) is 5.18. The Kier molecular flexibility index (Phi) is 3.16. The molecule has 0 bridgehead atoms. The maximum atomic E-state index is 6.03. The number of nitrogens with two attached hydrogens (primary N) is 1. The van der Waals surface area contributed by atoms with Crippen LogP contribution in [0.3, 0.4) is 0 Å². The molecule has 1 fully saturated rings. The number of thiazole rings is 1. The third-order valence-corrected chi connectivity index (χ3v) is 4.55. The molecule has 114 valence electrons. The van der Waals surface area contributed by atoms with Crippen LogP contribution in [-0.2, 0) is 11.8 Å². The molecule has 0 radical (unpaired) electrons. The van der Waals surface area contributed by atoms with Gasteiger partial charge in [-0.25, -0.2) is 4.98 Å². The van der Waals surface area contributed by atoms with Gasteiger partial charge in [-0.1, -0.05) is 0 Å². The van der Waals surface area contributed by atoms with Gasteiger partial charge in [0.2, 0.25) is 5.95 Å². The Morgan fingerprint density at radius 3 is 3.14 bits per heavy atom. The summed E-state index contributed by atoms with van der Waals surface area (Å²) in [6.45, 7) is 2.00. The van der Waals surface area contributed by atoms with Gasteiger partial charge in [0.1, 0.15) is 16.9 Å². The monoisotopic (exact) mass is 317 g/mol. The normalized spacial score (nSPS) is 19.0. The topological polar surface area (TPSA) is 95.0 Å². The van der Waals surface area contributed by atoms with Crippen molar-refractivity contribution in [2.24, 2.45) is 7.05 Å². The van der Waals surface area contributed by atoms with Gasteiger partial charge in [-0.2, -0.15) is 15.1 Å². The lowest BCUT2D eigenvalue weighted by atomic mass is 10.3. The highest BCUT2D eigenvalue weighted by atomic mass is 32.1. The summed E-state index contributed by atoms with van der Waals surface area (Å²) in [4.78, 5) is 15.4. The highest BCUT2D eigenvalue weighted by molar-refractivity contribution is 7.09. The van der Waals surface area contributed by atoms with Crippen LogP contribution in [0.25, 0.3) is 11.0 Å². The predicted octanol–water partition coefficient (Wildman–Crippen LogP) is 0.980. The van der Waals surface area contributed by atoms with Crippen LogP contribution in [-0.4, -0.2) is 44.4 Å². The zero-order chi connectivity index (χ0) is 15.1. The summed E-state index contributed by atoms with van der Waals surface area (Å²) >= 11 is 1.59. The molecule has 0 aromatic carbocycles. The Balaban J connectivity index is 1.67. The first kappa shape index (κ1) is 13.4. The van der Waals surface area contributed by atoms with Crippen molar-refractivity contribution in [1.82, 2.24) is 24.7 Å². The molecule has 1 saturated heterocycles. The summed E-state index contributed by atoms with van der Waals surface area (Å²) in [5.74, 6) is 1.06. The van der Waals surface area contributed by atoms with E-state index in [9.17, 15) is 0 Å².